The van der Waals surface area contributed by atoms with Crippen molar-refractivity contribution in [2.24, 2.45) is 0 Å². The lowest BCUT2D eigenvalue weighted by Crippen LogP contribution is -2.18. The summed E-state index contributed by atoms with van der Waals surface area (Å²) in [6.07, 6.45) is 0.345. The molecule has 120 valence electrons. The Kier molecular flexibility index (Phi) is 6.52. The van der Waals surface area contributed by atoms with Crippen molar-refractivity contribution in [3.05, 3.63) is 41.5 Å². The maximum atomic E-state index is 14.2. The lowest BCUT2D eigenvalue weighted by Gasteiger charge is -2.09. The molecule has 0 spiro atoms. The summed E-state index contributed by atoms with van der Waals surface area (Å²) in [6.45, 7) is 4.31. The Balaban J connectivity index is 0.00000242. The first kappa shape index (κ1) is 18.1. The summed E-state index contributed by atoms with van der Waals surface area (Å²) in [7, 11) is 1.77. The van der Waals surface area contributed by atoms with E-state index in [9.17, 15) is 9.18 Å². The highest BCUT2D eigenvalue weighted by atomic mass is 35.5. The summed E-state index contributed by atoms with van der Waals surface area (Å²) in [5.74, 6) is -0.574. The third-order valence-corrected chi connectivity index (χ3v) is 3.07. The van der Waals surface area contributed by atoms with E-state index >= 15 is 0 Å². The van der Waals surface area contributed by atoms with Gasteiger partial charge in [0.15, 0.2) is 5.82 Å². The second kappa shape index (κ2) is 7.91. The average molecular weight is 327 g/mol. The fraction of sp³-hybridized carbons (Fsp3) is 0.333. The molecule has 2 rings (SSSR count). The molecule has 1 heterocycles. The van der Waals surface area contributed by atoms with Crippen molar-refractivity contribution >= 4 is 24.0 Å². The minimum atomic E-state index is -0.424. The first-order valence-electron chi connectivity index (χ1n) is 6.79. The molecule has 1 amide bonds. The lowest BCUT2D eigenvalue weighted by atomic mass is 10.2. The zero-order chi connectivity index (χ0) is 15.4. The molecule has 0 aliphatic heterocycles. The number of nitrogens with one attached hydrogen (secondary N) is 2. The van der Waals surface area contributed by atoms with Gasteiger partial charge in [-0.3, -0.25) is 4.79 Å². The van der Waals surface area contributed by atoms with E-state index in [2.05, 4.69) is 15.7 Å². The van der Waals surface area contributed by atoms with Gasteiger partial charge in [-0.2, -0.15) is 5.10 Å². The zero-order valence-electron chi connectivity index (χ0n) is 12.8. The lowest BCUT2D eigenvalue weighted by molar-refractivity contribution is -0.116. The van der Waals surface area contributed by atoms with Gasteiger partial charge < -0.3 is 10.6 Å². The monoisotopic (exact) mass is 326 g/mol. The number of halogens is 2. The number of anilines is 1. The van der Waals surface area contributed by atoms with Crippen LogP contribution in [0.25, 0.3) is 5.69 Å². The van der Waals surface area contributed by atoms with Gasteiger partial charge in [-0.25, -0.2) is 9.07 Å². The fourth-order valence-corrected chi connectivity index (χ4v) is 2.09. The molecule has 0 saturated carbocycles. The van der Waals surface area contributed by atoms with Crippen LogP contribution in [0.5, 0.6) is 0 Å². The predicted octanol–water partition coefficient (Wildman–Crippen LogP) is 2.60. The molecule has 1 aromatic carbocycles. The van der Waals surface area contributed by atoms with Crippen LogP contribution >= 0.6 is 12.4 Å². The van der Waals surface area contributed by atoms with Crippen molar-refractivity contribution in [2.75, 3.05) is 18.9 Å². The maximum absolute atomic E-state index is 14.2. The molecule has 0 aliphatic carbocycles. The van der Waals surface area contributed by atoms with Crippen molar-refractivity contribution in [3.8, 4) is 5.69 Å². The zero-order valence-corrected chi connectivity index (χ0v) is 13.6. The summed E-state index contributed by atoms with van der Waals surface area (Å²) in [4.78, 5) is 11.6. The van der Waals surface area contributed by atoms with Crippen molar-refractivity contribution < 1.29 is 9.18 Å². The topological polar surface area (TPSA) is 59.0 Å². The van der Waals surface area contributed by atoms with Gasteiger partial charge in [-0.15, -0.1) is 12.4 Å². The Bertz CT molecular complexity index is 657. The Hall–Kier alpha value is -1.92. The number of rotatable bonds is 5. The molecular weight excluding hydrogens is 307 g/mol. The second-order valence-electron chi connectivity index (χ2n) is 4.91. The molecule has 0 aliphatic rings. The molecule has 1 aromatic heterocycles. The minimum absolute atomic E-state index is 0. The molecular formula is C15H20ClFN4O. The second-order valence-corrected chi connectivity index (χ2v) is 4.91. The molecule has 0 bridgehead atoms. The van der Waals surface area contributed by atoms with Crippen LogP contribution in [0.4, 0.5) is 10.1 Å². The molecule has 0 radical (unpaired) electrons. The van der Waals surface area contributed by atoms with Gasteiger partial charge in [0.05, 0.1) is 5.69 Å². The molecule has 0 fully saturated rings. The van der Waals surface area contributed by atoms with Gasteiger partial charge in [0.25, 0.3) is 0 Å². The smallest absolute Gasteiger partial charge is 0.225 e. The molecule has 2 aromatic rings. The highest BCUT2D eigenvalue weighted by Crippen LogP contribution is 2.20. The van der Waals surface area contributed by atoms with Crippen LogP contribution in [0.15, 0.2) is 24.3 Å². The molecule has 0 saturated heterocycles. The van der Waals surface area contributed by atoms with Gasteiger partial charge in [-0.1, -0.05) is 0 Å². The predicted molar refractivity (Wildman–Crippen MR) is 87.4 cm³/mol. The van der Waals surface area contributed by atoms with Crippen molar-refractivity contribution in [1.29, 1.82) is 0 Å². The van der Waals surface area contributed by atoms with E-state index in [-0.39, 0.29) is 18.3 Å². The van der Waals surface area contributed by atoms with Crippen molar-refractivity contribution in [3.63, 3.8) is 0 Å². The number of hydrogen-bond donors (Lipinski definition) is 2. The number of amides is 1. The standard InChI is InChI=1S/C15H19FN4O.ClH/c1-10-8-11(2)20(19-10)14-5-4-12(9-13(14)16)18-15(21)6-7-17-3;/h4-5,8-9,17H,6-7H2,1-3H3,(H,18,21);1H. The summed E-state index contributed by atoms with van der Waals surface area (Å²) < 4.78 is 15.8. The normalized spacial score (nSPS) is 10.2. The SMILES string of the molecule is CNCCC(=O)Nc1ccc(-n2nc(C)cc2C)c(F)c1.Cl. The van der Waals surface area contributed by atoms with Crippen LogP contribution in [0.1, 0.15) is 17.8 Å². The van der Waals surface area contributed by atoms with Gasteiger partial charge in [0.2, 0.25) is 5.91 Å². The Morgan fingerprint density at radius 2 is 2.05 bits per heavy atom. The van der Waals surface area contributed by atoms with Crippen LogP contribution in [-0.4, -0.2) is 29.3 Å². The van der Waals surface area contributed by atoms with Gasteiger partial charge in [0.1, 0.15) is 5.69 Å². The first-order valence-corrected chi connectivity index (χ1v) is 6.79. The quantitative estimate of drug-likeness (QED) is 0.888. The molecule has 0 atom stereocenters. The Morgan fingerprint density at radius 3 is 2.59 bits per heavy atom. The molecule has 7 heteroatoms. The van der Waals surface area contributed by atoms with Crippen molar-refractivity contribution in [2.45, 2.75) is 20.3 Å². The van der Waals surface area contributed by atoms with Crippen LogP contribution in [-0.2, 0) is 4.79 Å². The molecule has 2 N–H and O–H groups in total. The van der Waals surface area contributed by atoms with Crippen LogP contribution < -0.4 is 10.6 Å². The van der Waals surface area contributed by atoms with E-state index < -0.39 is 5.82 Å². The minimum Gasteiger partial charge on any atom is -0.326 e. The molecule has 22 heavy (non-hydrogen) atoms. The number of carbonyl (C=O) groups is 1. The number of aryl methyl sites for hydroxylation is 2. The van der Waals surface area contributed by atoms with E-state index in [1.807, 2.05) is 19.9 Å². The van der Waals surface area contributed by atoms with Crippen molar-refractivity contribution in [1.82, 2.24) is 15.1 Å². The number of aromatic nitrogens is 2. The summed E-state index contributed by atoms with van der Waals surface area (Å²) in [5.41, 5.74) is 2.50. The largest absolute Gasteiger partial charge is 0.326 e. The maximum Gasteiger partial charge on any atom is 0.225 e. The average Bonchev–Trinajstić information content (AvgIpc) is 2.75. The van der Waals surface area contributed by atoms with Crippen LogP contribution in [0.2, 0.25) is 0 Å². The molecule has 0 unspecified atom stereocenters. The van der Waals surface area contributed by atoms with E-state index in [0.29, 0.717) is 24.3 Å². The number of carbonyl (C=O) groups excluding carboxylic acids is 1. The summed E-state index contributed by atoms with van der Waals surface area (Å²) >= 11 is 0. The summed E-state index contributed by atoms with van der Waals surface area (Å²) in [6, 6.07) is 6.48. The Labute approximate surface area is 135 Å². The van der Waals surface area contributed by atoms with Crippen LogP contribution in [0, 0.1) is 19.7 Å². The van der Waals surface area contributed by atoms with E-state index in [0.717, 1.165) is 11.4 Å². The first-order chi connectivity index (χ1) is 10.0. The summed E-state index contributed by atoms with van der Waals surface area (Å²) in [5, 5.41) is 9.81. The highest BCUT2D eigenvalue weighted by Gasteiger charge is 2.11. The van der Waals surface area contributed by atoms with Crippen LogP contribution in [0.3, 0.4) is 0 Å². The van der Waals surface area contributed by atoms with Gasteiger partial charge >= 0.3 is 0 Å². The third-order valence-electron chi connectivity index (χ3n) is 3.07. The van der Waals surface area contributed by atoms with Gasteiger partial charge in [0, 0.05) is 24.3 Å². The van der Waals surface area contributed by atoms with E-state index in [4.69, 9.17) is 0 Å². The van der Waals surface area contributed by atoms with E-state index in [1.54, 1.807) is 23.9 Å². The fourth-order valence-electron chi connectivity index (χ4n) is 2.09. The molecule has 5 nitrogen and oxygen atoms in total. The number of benzene rings is 1. The van der Waals surface area contributed by atoms with E-state index in [1.165, 1.54) is 6.07 Å². The van der Waals surface area contributed by atoms with Gasteiger partial charge in [-0.05, 0) is 45.2 Å². The highest BCUT2D eigenvalue weighted by molar-refractivity contribution is 5.90. The third kappa shape index (κ3) is 4.29. The number of hydrogen-bond acceptors (Lipinski definition) is 3. The number of nitrogens with zero attached hydrogens (tertiary/aromatic N) is 2. The Morgan fingerprint density at radius 1 is 1.32 bits per heavy atom.